The van der Waals surface area contributed by atoms with Crippen molar-refractivity contribution in [2.24, 2.45) is 4.99 Å². The first-order valence-electron chi connectivity index (χ1n) is 9.07. The molecule has 27 heavy (non-hydrogen) atoms. The lowest BCUT2D eigenvalue weighted by atomic mass is 10.1. The molecule has 1 aromatic heterocycles. The minimum atomic E-state index is -0.756. The summed E-state index contributed by atoms with van der Waals surface area (Å²) in [5.41, 5.74) is 0.699. The van der Waals surface area contributed by atoms with E-state index < -0.39 is 6.10 Å². The summed E-state index contributed by atoms with van der Waals surface area (Å²) in [5, 5.41) is 21.1. The Bertz CT molecular complexity index is 681. The minimum absolute atomic E-state index is 0.227. The van der Waals surface area contributed by atoms with Crippen LogP contribution in [0.2, 0.25) is 0 Å². The number of aliphatic hydroxyl groups is 1. The van der Waals surface area contributed by atoms with Gasteiger partial charge in [-0.3, -0.25) is 9.67 Å². The summed E-state index contributed by atoms with van der Waals surface area (Å²) in [6, 6.07) is 7.25. The van der Waals surface area contributed by atoms with Crippen molar-refractivity contribution in [1.29, 1.82) is 0 Å². The smallest absolute Gasteiger partial charge is 0.191 e. The van der Waals surface area contributed by atoms with Gasteiger partial charge in [0.1, 0.15) is 11.5 Å². The maximum atomic E-state index is 10.5. The number of aliphatic hydroxyl groups excluding tert-OH is 1. The van der Waals surface area contributed by atoms with Crippen LogP contribution >= 0.6 is 0 Å². The van der Waals surface area contributed by atoms with Crippen LogP contribution < -0.4 is 20.1 Å². The fraction of sp³-hybridized carbons (Fsp3) is 0.474. The molecule has 8 heteroatoms. The molecule has 2 aromatic rings. The molecule has 0 aliphatic heterocycles. The Morgan fingerprint density at radius 1 is 1.22 bits per heavy atom. The van der Waals surface area contributed by atoms with E-state index in [0.29, 0.717) is 23.0 Å². The third kappa shape index (κ3) is 6.82. The van der Waals surface area contributed by atoms with Gasteiger partial charge in [0.2, 0.25) is 0 Å². The Morgan fingerprint density at radius 2 is 1.96 bits per heavy atom. The van der Waals surface area contributed by atoms with E-state index in [4.69, 9.17) is 9.47 Å². The van der Waals surface area contributed by atoms with Crippen molar-refractivity contribution < 1.29 is 14.6 Å². The number of aliphatic imine (C=N–C) groups is 1. The normalized spacial score (nSPS) is 12.5. The van der Waals surface area contributed by atoms with E-state index in [1.807, 2.05) is 23.9 Å². The number of nitrogens with zero attached hydrogens (tertiary/aromatic N) is 3. The van der Waals surface area contributed by atoms with E-state index in [1.165, 1.54) is 0 Å². The lowest BCUT2D eigenvalue weighted by molar-refractivity contribution is 0.186. The number of hydrogen-bond acceptors (Lipinski definition) is 5. The van der Waals surface area contributed by atoms with Crippen molar-refractivity contribution in [1.82, 2.24) is 20.4 Å². The molecule has 0 aliphatic rings. The Labute approximate surface area is 160 Å². The average Bonchev–Trinajstić information content (AvgIpc) is 3.22. The van der Waals surface area contributed by atoms with Crippen LogP contribution in [0.3, 0.4) is 0 Å². The zero-order chi connectivity index (χ0) is 19.5. The second kappa shape index (κ2) is 11.1. The minimum Gasteiger partial charge on any atom is -0.497 e. The summed E-state index contributed by atoms with van der Waals surface area (Å²) < 4.78 is 12.4. The van der Waals surface area contributed by atoms with Crippen LogP contribution in [0.1, 0.15) is 25.0 Å². The maximum Gasteiger partial charge on any atom is 0.191 e. The molecule has 1 aromatic carbocycles. The Hall–Kier alpha value is -2.74. The summed E-state index contributed by atoms with van der Waals surface area (Å²) in [4.78, 5) is 4.48. The number of hydrogen-bond donors (Lipinski definition) is 3. The topological polar surface area (TPSA) is 92.9 Å². The van der Waals surface area contributed by atoms with Crippen molar-refractivity contribution >= 4 is 5.96 Å². The van der Waals surface area contributed by atoms with Gasteiger partial charge in [0.05, 0.1) is 26.9 Å². The highest BCUT2D eigenvalue weighted by Crippen LogP contribution is 2.26. The lowest BCUT2D eigenvalue weighted by Gasteiger charge is -2.15. The van der Waals surface area contributed by atoms with Crippen molar-refractivity contribution in [3.05, 3.63) is 42.2 Å². The summed E-state index contributed by atoms with van der Waals surface area (Å²) >= 11 is 0. The van der Waals surface area contributed by atoms with Gasteiger partial charge in [-0.15, -0.1) is 0 Å². The molecule has 0 aliphatic carbocycles. The highest BCUT2D eigenvalue weighted by atomic mass is 16.5. The van der Waals surface area contributed by atoms with E-state index >= 15 is 0 Å². The molecule has 0 bridgehead atoms. The fourth-order valence-corrected chi connectivity index (χ4v) is 2.53. The first kappa shape index (κ1) is 20.6. The number of nitrogens with one attached hydrogen (secondary N) is 2. The Balaban J connectivity index is 1.90. The highest BCUT2D eigenvalue weighted by Gasteiger charge is 2.11. The van der Waals surface area contributed by atoms with Gasteiger partial charge in [0.25, 0.3) is 0 Å². The van der Waals surface area contributed by atoms with Crippen LogP contribution in [0.5, 0.6) is 11.5 Å². The number of rotatable bonds is 10. The van der Waals surface area contributed by atoms with Crippen molar-refractivity contribution in [2.45, 2.75) is 26.0 Å². The number of aryl methyl sites for hydroxylation is 1. The molecule has 0 amide bonds. The van der Waals surface area contributed by atoms with Gasteiger partial charge in [-0.2, -0.15) is 5.10 Å². The second-order valence-corrected chi connectivity index (χ2v) is 5.93. The molecular formula is C19H29N5O3. The number of ether oxygens (including phenoxy) is 2. The van der Waals surface area contributed by atoms with E-state index in [9.17, 15) is 5.11 Å². The number of benzene rings is 1. The Morgan fingerprint density at radius 3 is 2.56 bits per heavy atom. The molecule has 1 atom stereocenters. The molecular weight excluding hydrogens is 346 g/mol. The summed E-state index contributed by atoms with van der Waals surface area (Å²) in [5.74, 6) is 1.94. The van der Waals surface area contributed by atoms with Crippen LogP contribution in [0.15, 0.2) is 41.7 Å². The van der Waals surface area contributed by atoms with Gasteiger partial charge in [-0.05, 0) is 37.1 Å². The predicted molar refractivity (Wildman–Crippen MR) is 105 cm³/mol. The van der Waals surface area contributed by atoms with E-state index in [0.717, 1.165) is 26.1 Å². The van der Waals surface area contributed by atoms with Gasteiger partial charge in [-0.25, -0.2) is 0 Å². The fourth-order valence-electron chi connectivity index (χ4n) is 2.53. The second-order valence-electron chi connectivity index (χ2n) is 5.93. The van der Waals surface area contributed by atoms with Crippen LogP contribution in [0.4, 0.5) is 0 Å². The number of methoxy groups -OCH3 is 2. The molecule has 0 saturated carbocycles. The zero-order valence-electron chi connectivity index (χ0n) is 16.2. The van der Waals surface area contributed by atoms with Gasteiger partial charge >= 0.3 is 0 Å². The van der Waals surface area contributed by atoms with E-state index in [2.05, 4.69) is 20.7 Å². The molecule has 2 rings (SSSR count). The standard InChI is InChI=1S/C19H29N5O3/c1-4-20-19(21-7-5-9-24-10-6-8-23-24)22-14-18(25)15-11-16(26-2)13-17(12-15)27-3/h6,8,10-13,18,25H,4-5,7,9,14H2,1-3H3,(H2,20,21,22). The van der Waals surface area contributed by atoms with E-state index in [1.54, 1.807) is 38.6 Å². The molecule has 1 heterocycles. The monoisotopic (exact) mass is 375 g/mol. The lowest BCUT2D eigenvalue weighted by Crippen LogP contribution is -2.38. The largest absolute Gasteiger partial charge is 0.497 e. The van der Waals surface area contributed by atoms with Crippen LogP contribution in [0, 0.1) is 0 Å². The van der Waals surface area contributed by atoms with Crippen molar-refractivity contribution in [2.75, 3.05) is 33.9 Å². The van der Waals surface area contributed by atoms with Crippen LogP contribution in [-0.4, -0.2) is 54.7 Å². The molecule has 8 nitrogen and oxygen atoms in total. The molecule has 0 fully saturated rings. The zero-order valence-corrected chi connectivity index (χ0v) is 16.2. The van der Waals surface area contributed by atoms with E-state index in [-0.39, 0.29) is 6.54 Å². The number of guanidine groups is 1. The first-order chi connectivity index (χ1) is 13.2. The molecule has 0 radical (unpaired) electrons. The van der Waals surface area contributed by atoms with Crippen LogP contribution in [-0.2, 0) is 6.54 Å². The maximum absolute atomic E-state index is 10.5. The molecule has 0 saturated heterocycles. The van der Waals surface area contributed by atoms with Crippen LogP contribution in [0.25, 0.3) is 0 Å². The molecule has 148 valence electrons. The van der Waals surface area contributed by atoms with Crippen molar-refractivity contribution in [3.63, 3.8) is 0 Å². The summed E-state index contributed by atoms with van der Waals surface area (Å²) in [7, 11) is 3.17. The average molecular weight is 375 g/mol. The quantitative estimate of drug-likeness (QED) is 0.332. The van der Waals surface area contributed by atoms with Gasteiger partial charge in [0.15, 0.2) is 5.96 Å². The number of aromatic nitrogens is 2. The van der Waals surface area contributed by atoms with Gasteiger partial charge in [-0.1, -0.05) is 0 Å². The molecule has 0 spiro atoms. The third-order valence-electron chi connectivity index (χ3n) is 3.94. The van der Waals surface area contributed by atoms with Crippen molar-refractivity contribution in [3.8, 4) is 11.5 Å². The van der Waals surface area contributed by atoms with Gasteiger partial charge in [0, 0.05) is 38.1 Å². The SMILES string of the molecule is CCNC(=NCC(O)c1cc(OC)cc(OC)c1)NCCCn1cccn1. The Kier molecular flexibility index (Phi) is 8.44. The summed E-state index contributed by atoms with van der Waals surface area (Å²) in [6.07, 6.45) is 3.88. The summed E-state index contributed by atoms with van der Waals surface area (Å²) in [6.45, 7) is 4.57. The highest BCUT2D eigenvalue weighted by molar-refractivity contribution is 5.79. The molecule has 3 N–H and O–H groups in total. The molecule has 1 unspecified atom stereocenters. The predicted octanol–water partition coefficient (Wildman–Crippen LogP) is 1.58. The third-order valence-corrected chi connectivity index (χ3v) is 3.94. The van der Waals surface area contributed by atoms with Gasteiger partial charge < -0.3 is 25.2 Å². The first-order valence-corrected chi connectivity index (χ1v) is 9.07.